The summed E-state index contributed by atoms with van der Waals surface area (Å²) >= 11 is 0. The average Bonchev–Trinajstić information content (AvgIpc) is 2.76. The van der Waals surface area contributed by atoms with Crippen LogP contribution in [0.25, 0.3) is 11.1 Å². The molecule has 2 rings (SSSR count). The Kier molecular flexibility index (Phi) is 3.56. The van der Waals surface area contributed by atoms with Gasteiger partial charge in [-0.15, -0.1) is 0 Å². The van der Waals surface area contributed by atoms with E-state index in [-0.39, 0.29) is 11.1 Å². The van der Waals surface area contributed by atoms with Crippen LogP contribution >= 0.6 is 0 Å². The molecule has 1 aromatic carbocycles. The lowest BCUT2D eigenvalue weighted by molar-refractivity contribution is -0.133. The fraction of sp³-hybridized carbons (Fsp3) is 0.214. The quantitative estimate of drug-likeness (QED) is 0.839. The Bertz CT molecular complexity index is 728. The van der Waals surface area contributed by atoms with Crippen molar-refractivity contribution in [3.8, 4) is 0 Å². The van der Waals surface area contributed by atoms with Crippen LogP contribution in [-0.2, 0) is 9.59 Å². The maximum absolute atomic E-state index is 11.9. The number of aliphatic carboxylic acids is 1. The van der Waals surface area contributed by atoms with Crippen molar-refractivity contribution in [3.63, 3.8) is 0 Å². The zero-order chi connectivity index (χ0) is 14.9. The van der Waals surface area contributed by atoms with E-state index >= 15 is 0 Å². The molecule has 0 saturated heterocycles. The molecule has 0 saturated carbocycles. The van der Waals surface area contributed by atoms with Gasteiger partial charge in [0.05, 0.1) is 0 Å². The number of anilines is 1. The second-order valence-corrected chi connectivity index (χ2v) is 4.42. The number of carbonyl (C=O) groups is 2. The molecule has 6 nitrogen and oxygen atoms in total. The van der Waals surface area contributed by atoms with E-state index in [2.05, 4.69) is 10.3 Å². The fourth-order valence-corrected chi connectivity index (χ4v) is 1.68. The highest BCUT2D eigenvalue weighted by molar-refractivity contribution is 6.08. The Hall–Kier alpha value is -2.63. The smallest absolute Gasteiger partial charge is 0.331 e. The SMILES string of the molecule is CC(C(=O)O)=C(C)C(=O)Nc1ccc2oc(C)nc2c1. The first-order valence-corrected chi connectivity index (χ1v) is 5.98. The summed E-state index contributed by atoms with van der Waals surface area (Å²) in [5.41, 5.74) is 1.98. The average molecular weight is 274 g/mol. The molecule has 0 radical (unpaired) electrons. The molecule has 1 amide bonds. The topological polar surface area (TPSA) is 92.4 Å². The van der Waals surface area contributed by atoms with E-state index < -0.39 is 11.9 Å². The van der Waals surface area contributed by atoms with Gasteiger partial charge in [0.25, 0.3) is 5.91 Å². The van der Waals surface area contributed by atoms with E-state index in [0.717, 1.165) is 0 Å². The lowest BCUT2D eigenvalue weighted by Crippen LogP contribution is -2.16. The van der Waals surface area contributed by atoms with Gasteiger partial charge in [-0.2, -0.15) is 0 Å². The molecule has 0 spiro atoms. The number of amides is 1. The van der Waals surface area contributed by atoms with Crippen molar-refractivity contribution in [2.45, 2.75) is 20.8 Å². The Morgan fingerprint density at radius 3 is 2.60 bits per heavy atom. The number of aryl methyl sites for hydroxylation is 1. The van der Waals surface area contributed by atoms with Gasteiger partial charge in [-0.05, 0) is 32.0 Å². The van der Waals surface area contributed by atoms with Gasteiger partial charge in [0, 0.05) is 23.8 Å². The van der Waals surface area contributed by atoms with E-state index in [4.69, 9.17) is 9.52 Å². The highest BCUT2D eigenvalue weighted by atomic mass is 16.4. The minimum absolute atomic E-state index is 0.0147. The number of carbonyl (C=O) groups excluding carboxylic acids is 1. The van der Waals surface area contributed by atoms with E-state index in [9.17, 15) is 9.59 Å². The predicted octanol–water partition coefficient (Wildman–Crippen LogP) is 2.50. The van der Waals surface area contributed by atoms with E-state index in [1.54, 1.807) is 25.1 Å². The molecule has 0 aliphatic carbocycles. The number of rotatable bonds is 3. The molecule has 6 heteroatoms. The number of carboxylic acid groups (broad SMARTS) is 1. The van der Waals surface area contributed by atoms with Crippen molar-refractivity contribution in [1.29, 1.82) is 0 Å². The number of nitrogens with zero attached hydrogens (tertiary/aromatic N) is 1. The van der Waals surface area contributed by atoms with Gasteiger partial charge in [-0.3, -0.25) is 4.79 Å². The van der Waals surface area contributed by atoms with Gasteiger partial charge in [0.15, 0.2) is 11.5 Å². The molecule has 20 heavy (non-hydrogen) atoms. The molecule has 0 fully saturated rings. The number of oxazole rings is 1. The van der Waals surface area contributed by atoms with Crippen molar-refractivity contribution in [2.24, 2.45) is 0 Å². The standard InChI is InChI=1S/C14H14N2O4/c1-7(8(2)14(18)19)13(17)16-10-4-5-12-11(6-10)15-9(3)20-12/h4-6H,1-3H3,(H,16,17)(H,18,19). The van der Waals surface area contributed by atoms with Gasteiger partial charge >= 0.3 is 5.97 Å². The molecular formula is C14H14N2O4. The monoisotopic (exact) mass is 274 g/mol. The zero-order valence-electron chi connectivity index (χ0n) is 11.4. The summed E-state index contributed by atoms with van der Waals surface area (Å²) in [5.74, 6) is -1.02. The maximum Gasteiger partial charge on any atom is 0.331 e. The van der Waals surface area contributed by atoms with Crippen LogP contribution in [0.15, 0.2) is 33.8 Å². The summed E-state index contributed by atoms with van der Waals surface area (Å²) < 4.78 is 5.33. The minimum Gasteiger partial charge on any atom is -0.478 e. The first kappa shape index (κ1) is 13.8. The third kappa shape index (κ3) is 2.69. The maximum atomic E-state index is 11.9. The van der Waals surface area contributed by atoms with Crippen molar-refractivity contribution in [2.75, 3.05) is 5.32 Å². The van der Waals surface area contributed by atoms with Crippen LogP contribution in [-0.4, -0.2) is 22.0 Å². The van der Waals surface area contributed by atoms with E-state index in [0.29, 0.717) is 22.7 Å². The fourth-order valence-electron chi connectivity index (χ4n) is 1.68. The van der Waals surface area contributed by atoms with Crippen LogP contribution in [0.4, 0.5) is 5.69 Å². The van der Waals surface area contributed by atoms with Crippen LogP contribution in [0.2, 0.25) is 0 Å². The number of hydrogen-bond donors (Lipinski definition) is 2. The molecule has 0 bridgehead atoms. The van der Waals surface area contributed by atoms with Gasteiger partial charge in [-0.25, -0.2) is 9.78 Å². The van der Waals surface area contributed by atoms with Crippen LogP contribution in [0.3, 0.4) is 0 Å². The largest absolute Gasteiger partial charge is 0.478 e. The molecule has 0 aliphatic heterocycles. The Labute approximate surface area is 115 Å². The number of fused-ring (bicyclic) bond motifs is 1. The highest BCUT2D eigenvalue weighted by Crippen LogP contribution is 2.20. The first-order chi connectivity index (χ1) is 9.38. The van der Waals surface area contributed by atoms with Crippen LogP contribution < -0.4 is 5.32 Å². The van der Waals surface area contributed by atoms with Gasteiger partial charge < -0.3 is 14.8 Å². The summed E-state index contributed by atoms with van der Waals surface area (Å²) in [5, 5.41) is 11.5. The normalized spacial score (nSPS) is 12.2. The second kappa shape index (κ2) is 5.16. The third-order valence-corrected chi connectivity index (χ3v) is 2.98. The molecule has 1 aromatic heterocycles. The van der Waals surface area contributed by atoms with Gasteiger partial charge in [-0.1, -0.05) is 0 Å². The lowest BCUT2D eigenvalue weighted by Gasteiger charge is -2.06. The minimum atomic E-state index is -1.11. The second-order valence-electron chi connectivity index (χ2n) is 4.42. The first-order valence-electron chi connectivity index (χ1n) is 5.98. The predicted molar refractivity (Wildman–Crippen MR) is 73.4 cm³/mol. The molecule has 0 atom stereocenters. The summed E-state index contributed by atoms with van der Waals surface area (Å²) in [6.45, 7) is 4.60. The number of benzene rings is 1. The number of aromatic nitrogens is 1. The molecular weight excluding hydrogens is 260 g/mol. The van der Waals surface area contributed by atoms with E-state index in [1.165, 1.54) is 13.8 Å². The molecule has 1 heterocycles. The van der Waals surface area contributed by atoms with Crippen molar-refractivity contribution in [1.82, 2.24) is 4.98 Å². The van der Waals surface area contributed by atoms with Crippen molar-refractivity contribution in [3.05, 3.63) is 35.2 Å². The van der Waals surface area contributed by atoms with Crippen LogP contribution in [0, 0.1) is 6.92 Å². The van der Waals surface area contributed by atoms with E-state index in [1.807, 2.05) is 0 Å². The summed E-state index contributed by atoms with van der Waals surface area (Å²) in [6.07, 6.45) is 0. The molecule has 0 unspecified atom stereocenters. The zero-order valence-corrected chi connectivity index (χ0v) is 11.4. The Morgan fingerprint density at radius 1 is 1.25 bits per heavy atom. The molecule has 104 valence electrons. The Morgan fingerprint density at radius 2 is 1.95 bits per heavy atom. The number of nitrogens with one attached hydrogen (secondary N) is 1. The van der Waals surface area contributed by atoms with Gasteiger partial charge in [0.1, 0.15) is 5.52 Å². The van der Waals surface area contributed by atoms with Crippen molar-refractivity contribution < 1.29 is 19.1 Å². The highest BCUT2D eigenvalue weighted by Gasteiger charge is 2.13. The summed E-state index contributed by atoms with van der Waals surface area (Å²) in [6, 6.07) is 5.05. The lowest BCUT2D eigenvalue weighted by atomic mass is 10.1. The molecule has 2 N–H and O–H groups in total. The molecule has 2 aromatic rings. The third-order valence-electron chi connectivity index (χ3n) is 2.98. The Balaban J connectivity index is 2.25. The van der Waals surface area contributed by atoms with Crippen molar-refractivity contribution >= 4 is 28.7 Å². The number of carboxylic acids is 1. The van der Waals surface area contributed by atoms with Crippen LogP contribution in [0.5, 0.6) is 0 Å². The summed E-state index contributed by atoms with van der Waals surface area (Å²) in [4.78, 5) is 26.9. The summed E-state index contributed by atoms with van der Waals surface area (Å²) in [7, 11) is 0. The van der Waals surface area contributed by atoms with Crippen LogP contribution in [0.1, 0.15) is 19.7 Å². The molecule has 0 aliphatic rings. The van der Waals surface area contributed by atoms with Gasteiger partial charge in [0.2, 0.25) is 0 Å². The number of hydrogen-bond acceptors (Lipinski definition) is 4.